The Morgan fingerprint density at radius 2 is 1.79 bits per heavy atom. The minimum Gasteiger partial charge on any atom is -0.495 e. The van der Waals surface area contributed by atoms with Crippen molar-refractivity contribution in [3.63, 3.8) is 0 Å². The number of anilines is 2. The molecule has 0 bridgehead atoms. The van der Waals surface area contributed by atoms with Crippen LogP contribution < -0.4 is 14.4 Å². The van der Waals surface area contributed by atoms with Crippen LogP contribution in [-0.4, -0.2) is 27.7 Å². The first kappa shape index (κ1) is 24.1. The predicted molar refractivity (Wildman–Crippen MR) is 140 cm³/mol. The quantitative estimate of drug-likeness (QED) is 0.324. The molecule has 0 spiro atoms. The average molecular weight is 515 g/mol. The summed E-state index contributed by atoms with van der Waals surface area (Å²) in [5.41, 5.74) is 3.00. The van der Waals surface area contributed by atoms with Crippen LogP contribution in [0, 0.1) is 6.92 Å². The van der Waals surface area contributed by atoms with Crippen LogP contribution in [0.15, 0.2) is 66.7 Å². The second kappa shape index (κ2) is 9.66. The number of aryl methyl sites for hydroxylation is 1. The van der Waals surface area contributed by atoms with Crippen molar-refractivity contribution in [3.8, 4) is 5.75 Å². The number of benzene rings is 3. The number of rotatable bonds is 7. The Bertz CT molecular complexity index is 1460. The van der Waals surface area contributed by atoms with E-state index in [0.717, 1.165) is 21.2 Å². The summed E-state index contributed by atoms with van der Waals surface area (Å²) in [4.78, 5) is 13.4. The molecule has 9 heteroatoms. The molecular weight excluding hydrogens is 492 g/mol. The average Bonchev–Trinajstić information content (AvgIpc) is 3.22. The number of ether oxygens (including phenoxy) is 1. The van der Waals surface area contributed by atoms with Gasteiger partial charge in [0, 0.05) is 9.72 Å². The SMILES string of the molecule is COc1ccc(Cl)cc1NC(=O)c1cc2cc(N(Cc3ccc(C)cc3)S(C)(=O)=O)ccc2s1. The summed E-state index contributed by atoms with van der Waals surface area (Å²) in [6, 6.07) is 19.9. The lowest BCUT2D eigenvalue weighted by molar-refractivity contribution is 0.103. The molecule has 0 aliphatic rings. The molecular formula is C25H23ClN2O4S2. The second-order valence-electron chi connectivity index (χ2n) is 7.89. The van der Waals surface area contributed by atoms with E-state index in [1.165, 1.54) is 29.0 Å². The zero-order chi connectivity index (χ0) is 24.5. The van der Waals surface area contributed by atoms with E-state index in [9.17, 15) is 13.2 Å². The Hall–Kier alpha value is -3.07. The molecule has 34 heavy (non-hydrogen) atoms. The molecule has 1 heterocycles. The van der Waals surface area contributed by atoms with Gasteiger partial charge in [-0.15, -0.1) is 11.3 Å². The molecule has 0 saturated heterocycles. The Labute approximate surface area is 207 Å². The fourth-order valence-corrected chi connectivity index (χ4v) is 5.51. The molecule has 4 aromatic rings. The Balaban J connectivity index is 1.63. The highest BCUT2D eigenvalue weighted by molar-refractivity contribution is 7.92. The minimum atomic E-state index is -3.53. The minimum absolute atomic E-state index is 0.219. The van der Waals surface area contributed by atoms with Gasteiger partial charge in [-0.25, -0.2) is 8.42 Å². The zero-order valence-corrected chi connectivity index (χ0v) is 21.2. The topological polar surface area (TPSA) is 75.7 Å². The van der Waals surface area contributed by atoms with E-state index in [1.54, 1.807) is 36.4 Å². The molecule has 1 N–H and O–H groups in total. The summed E-state index contributed by atoms with van der Waals surface area (Å²) in [5, 5.41) is 4.09. The lowest BCUT2D eigenvalue weighted by Crippen LogP contribution is -2.29. The summed E-state index contributed by atoms with van der Waals surface area (Å²) in [7, 11) is -2.01. The highest BCUT2D eigenvalue weighted by atomic mass is 35.5. The lowest BCUT2D eigenvalue weighted by atomic mass is 10.1. The summed E-state index contributed by atoms with van der Waals surface area (Å²) in [6.45, 7) is 2.20. The Kier molecular flexibility index (Phi) is 6.84. The number of thiophene rings is 1. The van der Waals surface area contributed by atoms with Crippen molar-refractivity contribution < 1.29 is 17.9 Å². The third-order valence-corrected chi connectivity index (χ3v) is 7.76. The van der Waals surface area contributed by atoms with Crippen molar-refractivity contribution in [2.75, 3.05) is 23.0 Å². The first-order chi connectivity index (χ1) is 16.1. The molecule has 0 radical (unpaired) electrons. The van der Waals surface area contributed by atoms with E-state index in [0.29, 0.717) is 27.0 Å². The van der Waals surface area contributed by atoms with Gasteiger partial charge >= 0.3 is 0 Å². The van der Waals surface area contributed by atoms with Crippen LogP contribution in [0.25, 0.3) is 10.1 Å². The van der Waals surface area contributed by atoms with Gasteiger partial charge in [0.2, 0.25) is 10.0 Å². The highest BCUT2D eigenvalue weighted by Crippen LogP contribution is 2.33. The van der Waals surface area contributed by atoms with Crippen LogP contribution in [0.2, 0.25) is 5.02 Å². The van der Waals surface area contributed by atoms with E-state index >= 15 is 0 Å². The molecule has 1 amide bonds. The first-order valence-corrected chi connectivity index (χ1v) is 13.4. The standard InChI is InChI=1S/C25H23ClN2O4S2/c1-16-4-6-17(7-5-16)15-28(34(3,30)31)20-9-11-23-18(12-20)13-24(33-23)25(29)27-21-14-19(26)8-10-22(21)32-2/h4-14H,15H2,1-3H3,(H,27,29). The van der Waals surface area contributed by atoms with Crippen molar-refractivity contribution in [1.82, 2.24) is 0 Å². The van der Waals surface area contributed by atoms with E-state index < -0.39 is 10.0 Å². The fourth-order valence-electron chi connectivity index (χ4n) is 3.52. The molecule has 3 aromatic carbocycles. The van der Waals surface area contributed by atoms with Gasteiger partial charge in [0.25, 0.3) is 5.91 Å². The van der Waals surface area contributed by atoms with Crippen LogP contribution in [0.5, 0.6) is 5.75 Å². The third kappa shape index (κ3) is 5.35. The summed E-state index contributed by atoms with van der Waals surface area (Å²) >= 11 is 7.38. The maximum atomic E-state index is 12.9. The van der Waals surface area contributed by atoms with Crippen LogP contribution in [0.4, 0.5) is 11.4 Å². The number of amides is 1. The molecule has 0 aliphatic heterocycles. The summed E-state index contributed by atoms with van der Waals surface area (Å²) in [6.07, 6.45) is 1.19. The number of halogens is 1. The number of methoxy groups -OCH3 is 1. The number of hydrogen-bond acceptors (Lipinski definition) is 5. The van der Waals surface area contributed by atoms with E-state index in [4.69, 9.17) is 16.3 Å². The largest absolute Gasteiger partial charge is 0.495 e. The van der Waals surface area contributed by atoms with Gasteiger partial charge < -0.3 is 10.1 Å². The lowest BCUT2D eigenvalue weighted by Gasteiger charge is -2.22. The number of fused-ring (bicyclic) bond motifs is 1. The second-order valence-corrected chi connectivity index (χ2v) is 11.3. The van der Waals surface area contributed by atoms with E-state index in [1.807, 2.05) is 37.3 Å². The number of hydrogen-bond donors (Lipinski definition) is 1. The molecule has 0 atom stereocenters. The molecule has 0 saturated carbocycles. The van der Waals surface area contributed by atoms with Crippen molar-refractivity contribution >= 4 is 60.3 Å². The summed E-state index contributed by atoms with van der Waals surface area (Å²) in [5.74, 6) is 0.198. The van der Waals surface area contributed by atoms with Crippen LogP contribution in [0.1, 0.15) is 20.8 Å². The maximum Gasteiger partial charge on any atom is 0.265 e. The normalized spacial score (nSPS) is 11.4. The number of nitrogens with zero attached hydrogens (tertiary/aromatic N) is 1. The molecule has 0 fully saturated rings. The Morgan fingerprint density at radius 1 is 1.06 bits per heavy atom. The third-order valence-electron chi connectivity index (χ3n) is 5.27. The van der Waals surface area contributed by atoms with Gasteiger partial charge in [-0.2, -0.15) is 0 Å². The van der Waals surface area contributed by atoms with Gasteiger partial charge in [0.05, 0.1) is 36.2 Å². The molecule has 6 nitrogen and oxygen atoms in total. The van der Waals surface area contributed by atoms with Crippen molar-refractivity contribution in [2.45, 2.75) is 13.5 Å². The van der Waals surface area contributed by atoms with E-state index in [-0.39, 0.29) is 12.5 Å². The van der Waals surface area contributed by atoms with Crippen LogP contribution in [-0.2, 0) is 16.6 Å². The molecule has 0 unspecified atom stereocenters. The van der Waals surface area contributed by atoms with Gasteiger partial charge in [-0.3, -0.25) is 9.10 Å². The maximum absolute atomic E-state index is 12.9. The Morgan fingerprint density at radius 3 is 2.47 bits per heavy atom. The van der Waals surface area contributed by atoms with Crippen molar-refractivity contribution in [2.24, 2.45) is 0 Å². The fraction of sp³-hybridized carbons (Fsp3) is 0.160. The van der Waals surface area contributed by atoms with Gasteiger partial charge in [0.15, 0.2) is 0 Å². The monoisotopic (exact) mass is 514 g/mol. The van der Waals surface area contributed by atoms with Crippen molar-refractivity contribution in [1.29, 1.82) is 0 Å². The molecule has 176 valence electrons. The summed E-state index contributed by atoms with van der Waals surface area (Å²) < 4.78 is 32.7. The van der Waals surface area contributed by atoms with Gasteiger partial charge in [0.1, 0.15) is 5.75 Å². The first-order valence-electron chi connectivity index (χ1n) is 10.4. The molecule has 1 aromatic heterocycles. The van der Waals surface area contributed by atoms with Crippen LogP contribution in [0.3, 0.4) is 0 Å². The number of nitrogens with one attached hydrogen (secondary N) is 1. The number of carbonyl (C=O) groups excluding carboxylic acids is 1. The molecule has 4 rings (SSSR count). The van der Waals surface area contributed by atoms with E-state index in [2.05, 4.69) is 5.32 Å². The smallest absolute Gasteiger partial charge is 0.265 e. The van der Waals surface area contributed by atoms with Gasteiger partial charge in [-0.05, 0) is 60.3 Å². The molecule has 0 aliphatic carbocycles. The van der Waals surface area contributed by atoms with Gasteiger partial charge in [-0.1, -0.05) is 41.4 Å². The number of sulfonamides is 1. The highest BCUT2D eigenvalue weighted by Gasteiger charge is 2.20. The van der Waals surface area contributed by atoms with Crippen molar-refractivity contribution in [3.05, 3.63) is 87.8 Å². The van der Waals surface area contributed by atoms with Crippen LogP contribution >= 0.6 is 22.9 Å². The zero-order valence-electron chi connectivity index (χ0n) is 18.8. The predicted octanol–water partition coefficient (Wildman–Crippen LogP) is 6.09. The number of carbonyl (C=O) groups is 1.